The summed E-state index contributed by atoms with van der Waals surface area (Å²) in [4.78, 5) is 18.4. The second kappa shape index (κ2) is 11.8. The predicted molar refractivity (Wildman–Crippen MR) is 170 cm³/mol. The molecule has 0 bridgehead atoms. The molecule has 8 heteroatoms. The molecule has 0 spiro atoms. The van der Waals surface area contributed by atoms with Crippen molar-refractivity contribution in [3.8, 4) is 17.2 Å². The first-order valence-corrected chi connectivity index (χ1v) is 15.4. The molecular weight excluding hydrogens is 606 g/mol. The molecule has 1 saturated heterocycles. The number of phenolic OH excluding ortho intramolecular Hbond substituents is 1. The molecule has 4 aromatic rings. The van der Waals surface area contributed by atoms with Crippen molar-refractivity contribution in [2.75, 3.05) is 25.2 Å². The summed E-state index contributed by atoms with van der Waals surface area (Å²) in [5, 5.41) is 13.7. The Hall–Kier alpha value is -4.27. The molecular formula is C35H32BrN3O4. The minimum Gasteiger partial charge on any atom is -0.508 e. The van der Waals surface area contributed by atoms with Crippen LogP contribution in [0.2, 0.25) is 0 Å². The van der Waals surface area contributed by atoms with E-state index in [1.54, 1.807) is 12.1 Å². The van der Waals surface area contributed by atoms with Crippen LogP contribution in [0.4, 0.5) is 5.69 Å². The van der Waals surface area contributed by atoms with Crippen molar-refractivity contribution in [1.29, 1.82) is 0 Å². The fourth-order valence-electron chi connectivity index (χ4n) is 6.20. The largest absolute Gasteiger partial charge is 0.508 e. The van der Waals surface area contributed by atoms with Gasteiger partial charge in [-0.1, -0.05) is 64.5 Å². The monoisotopic (exact) mass is 637 g/mol. The van der Waals surface area contributed by atoms with Gasteiger partial charge < -0.3 is 24.8 Å². The fraction of sp³-hybridized carbons (Fsp3) is 0.229. The number of hydrogen-bond donors (Lipinski definition) is 2. The Labute approximate surface area is 259 Å². The van der Waals surface area contributed by atoms with Gasteiger partial charge in [-0.2, -0.15) is 0 Å². The van der Waals surface area contributed by atoms with Crippen LogP contribution in [0.15, 0.2) is 95.6 Å². The van der Waals surface area contributed by atoms with Crippen molar-refractivity contribution in [2.24, 2.45) is 0 Å². The highest BCUT2D eigenvalue weighted by molar-refractivity contribution is 9.10. The molecule has 3 aliphatic heterocycles. The van der Waals surface area contributed by atoms with Crippen LogP contribution in [0.25, 0.3) is 5.57 Å². The van der Waals surface area contributed by atoms with Gasteiger partial charge in [0.2, 0.25) is 6.79 Å². The summed E-state index contributed by atoms with van der Waals surface area (Å²) < 4.78 is 12.1. The number of carbonyl (C=O) groups is 1. The zero-order valence-corrected chi connectivity index (χ0v) is 25.2. The van der Waals surface area contributed by atoms with Crippen molar-refractivity contribution in [3.05, 3.63) is 123 Å². The Bertz CT molecular complexity index is 1680. The maximum Gasteiger partial charge on any atom is 0.257 e. The van der Waals surface area contributed by atoms with Crippen LogP contribution in [0, 0.1) is 0 Å². The van der Waals surface area contributed by atoms with Crippen molar-refractivity contribution < 1.29 is 19.4 Å². The molecule has 7 nitrogen and oxygen atoms in total. The number of nitrogens with zero attached hydrogens (tertiary/aromatic N) is 2. The van der Waals surface area contributed by atoms with E-state index in [1.165, 1.54) is 18.4 Å². The van der Waals surface area contributed by atoms with Gasteiger partial charge >= 0.3 is 0 Å². The van der Waals surface area contributed by atoms with Crippen molar-refractivity contribution >= 4 is 33.1 Å². The van der Waals surface area contributed by atoms with Gasteiger partial charge in [0.25, 0.3) is 5.91 Å². The number of amides is 1. The number of phenols is 1. The summed E-state index contributed by atoms with van der Waals surface area (Å²) in [5.41, 5.74) is 6.24. The number of fused-ring (bicyclic) bond motifs is 2. The predicted octanol–water partition coefficient (Wildman–Crippen LogP) is 7.06. The number of nitrogens with one attached hydrogen (secondary N) is 1. The zero-order chi connectivity index (χ0) is 29.3. The molecule has 1 amide bonds. The summed E-state index contributed by atoms with van der Waals surface area (Å²) >= 11 is 3.73. The SMILES string of the molecule is O=C(Nc1ccccc1)C1=CN(Cc2cc3c(cc2Br)OCO3)C(c2ccc(CN3CCCC3)cc2)c2cc(O)ccc21. The lowest BCUT2D eigenvalue weighted by molar-refractivity contribution is -0.111. The van der Waals surface area contributed by atoms with Gasteiger partial charge in [-0.3, -0.25) is 9.69 Å². The zero-order valence-electron chi connectivity index (χ0n) is 23.6. The molecule has 0 saturated carbocycles. The Morgan fingerprint density at radius 2 is 1.65 bits per heavy atom. The minimum atomic E-state index is -0.242. The summed E-state index contributed by atoms with van der Waals surface area (Å²) in [6.07, 6.45) is 4.46. The van der Waals surface area contributed by atoms with Crippen molar-refractivity contribution in [1.82, 2.24) is 9.80 Å². The summed E-state index contributed by atoms with van der Waals surface area (Å²) in [6, 6.07) is 27.1. The van der Waals surface area contributed by atoms with E-state index in [9.17, 15) is 9.90 Å². The molecule has 43 heavy (non-hydrogen) atoms. The first-order valence-electron chi connectivity index (χ1n) is 14.6. The summed E-state index contributed by atoms with van der Waals surface area (Å²) in [5.74, 6) is 1.34. The van der Waals surface area contributed by atoms with Crippen LogP contribution in [-0.2, 0) is 17.9 Å². The van der Waals surface area contributed by atoms with Crippen LogP contribution in [0.3, 0.4) is 0 Å². The van der Waals surface area contributed by atoms with Gasteiger partial charge in [0.15, 0.2) is 11.5 Å². The molecule has 1 unspecified atom stereocenters. The Morgan fingerprint density at radius 3 is 2.42 bits per heavy atom. The summed E-state index contributed by atoms with van der Waals surface area (Å²) in [7, 11) is 0. The van der Waals surface area contributed by atoms with Crippen LogP contribution >= 0.6 is 15.9 Å². The number of carbonyl (C=O) groups excluding carboxylic acids is 1. The van der Waals surface area contributed by atoms with E-state index < -0.39 is 0 Å². The molecule has 218 valence electrons. The van der Waals surface area contributed by atoms with E-state index in [0.717, 1.165) is 52.0 Å². The highest BCUT2D eigenvalue weighted by Gasteiger charge is 2.32. The third kappa shape index (κ3) is 5.72. The quantitative estimate of drug-likeness (QED) is 0.226. The number of aromatic hydroxyl groups is 1. The minimum absolute atomic E-state index is 0.156. The molecule has 3 heterocycles. The number of halogens is 1. The number of para-hydroxylation sites is 1. The van der Waals surface area contributed by atoms with Crippen LogP contribution < -0.4 is 14.8 Å². The first kappa shape index (κ1) is 27.6. The maximum absolute atomic E-state index is 13.8. The third-order valence-corrected chi connectivity index (χ3v) is 9.06. The summed E-state index contributed by atoms with van der Waals surface area (Å²) in [6.45, 7) is 3.91. The second-order valence-corrected chi connectivity index (χ2v) is 12.1. The fourth-order valence-corrected chi connectivity index (χ4v) is 6.65. The number of benzene rings is 4. The van der Waals surface area contributed by atoms with E-state index in [-0.39, 0.29) is 24.5 Å². The van der Waals surface area contributed by atoms with Crippen LogP contribution in [0.1, 0.15) is 46.7 Å². The van der Waals surface area contributed by atoms with Gasteiger partial charge in [0.05, 0.1) is 11.6 Å². The molecule has 7 rings (SSSR count). The second-order valence-electron chi connectivity index (χ2n) is 11.2. The smallest absolute Gasteiger partial charge is 0.257 e. The van der Waals surface area contributed by atoms with Crippen molar-refractivity contribution in [3.63, 3.8) is 0 Å². The van der Waals surface area contributed by atoms with E-state index in [1.807, 2.05) is 54.7 Å². The Morgan fingerprint density at radius 1 is 0.907 bits per heavy atom. The molecule has 2 N–H and O–H groups in total. The molecule has 0 radical (unpaired) electrons. The molecule has 4 aromatic carbocycles. The van der Waals surface area contributed by atoms with E-state index in [2.05, 4.69) is 55.3 Å². The standard InChI is InChI=1S/C35H32BrN3O4/c36-31-18-33-32(42-22-43-33)16-25(31)20-39-21-30(35(41)37-26-6-2-1-3-7-26)28-13-12-27(40)17-29(28)34(39)24-10-8-23(9-11-24)19-38-14-4-5-15-38/h1-3,6-13,16-18,21,34,40H,4-5,14-15,19-20,22H2,(H,37,41). The van der Waals surface area contributed by atoms with Gasteiger partial charge in [0.1, 0.15) is 5.75 Å². The third-order valence-electron chi connectivity index (χ3n) is 8.32. The number of anilines is 1. The van der Waals surface area contributed by atoms with Gasteiger partial charge in [-0.05, 0) is 90.1 Å². The number of rotatable bonds is 7. The average Bonchev–Trinajstić information content (AvgIpc) is 3.70. The van der Waals surface area contributed by atoms with Gasteiger partial charge in [0, 0.05) is 29.4 Å². The number of likely N-dealkylation sites (tertiary alicyclic amines) is 1. The lowest BCUT2D eigenvalue weighted by atomic mass is 9.86. The first-order chi connectivity index (χ1) is 21.0. The number of hydrogen-bond acceptors (Lipinski definition) is 6. The lowest BCUT2D eigenvalue weighted by Gasteiger charge is -2.37. The van der Waals surface area contributed by atoms with Gasteiger partial charge in [-0.15, -0.1) is 0 Å². The number of ether oxygens (including phenoxy) is 2. The van der Waals surface area contributed by atoms with Crippen molar-refractivity contribution in [2.45, 2.75) is 32.0 Å². The van der Waals surface area contributed by atoms with E-state index in [0.29, 0.717) is 23.6 Å². The lowest BCUT2D eigenvalue weighted by Crippen LogP contribution is -2.31. The molecule has 1 fully saturated rings. The molecule has 0 aliphatic carbocycles. The Kier molecular flexibility index (Phi) is 7.55. The topological polar surface area (TPSA) is 74.3 Å². The van der Waals surface area contributed by atoms with Gasteiger partial charge in [-0.25, -0.2) is 0 Å². The highest BCUT2D eigenvalue weighted by atomic mass is 79.9. The van der Waals surface area contributed by atoms with E-state index >= 15 is 0 Å². The van der Waals surface area contributed by atoms with E-state index in [4.69, 9.17) is 9.47 Å². The van der Waals surface area contributed by atoms with Crippen LogP contribution in [-0.4, -0.2) is 40.7 Å². The highest BCUT2D eigenvalue weighted by Crippen LogP contribution is 2.44. The molecule has 1 atom stereocenters. The molecule has 0 aromatic heterocycles. The average molecular weight is 639 g/mol. The molecule has 3 aliphatic rings. The van der Waals surface area contributed by atoms with Crippen LogP contribution in [0.5, 0.6) is 17.2 Å². The maximum atomic E-state index is 13.8. The Balaban J connectivity index is 1.29. The normalized spacial score (nSPS) is 17.5.